The van der Waals surface area contributed by atoms with Crippen molar-refractivity contribution in [3.05, 3.63) is 24.2 Å². The Bertz CT molecular complexity index is 358. The molecule has 5 heteroatoms. The number of carbonyl (C=O) groups excluding carboxylic acids is 1. The average molecular weight is 225 g/mol. The lowest BCUT2D eigenvalue weighted by Crippen LogP contribution is -2.39. The van der Waals surface area contributed by atoms with Gasteiger partial charge in [0.25, 0.3) is 5.91 Å². The molecule has 1 rings (SSSR count). The highest BCUT2D eigenvalue weighted by Gasteiger charge is 2.23. The van der Waals surface area contributed by atoms with E-state index in [1.807, 2.05) is 0 Å². The van der Waals surface area contributed by atoms with Gasteiger partial charge in [-0.05, 0) is 26.0 Å². The van der Waals surface area contributed by atoms with Crippen molar-refractivity contribution in [2.45, 2.75) is 26.3 Å². The van der Waals surface area contributed by atoms with E-state index in [4.69, 9.17) is 9.52 Å². The Kier molecular flexibility index (Phi) is 4.10. The van der Waals surface area contributed by atoms with Crippen LogP contribution in [0, 0.1) is 0 Å². The number of hydrogen-bond acceptors (Lipinski definition) is 3. The molecule has 0 bridgehead atoms. The van der Waals surface area contributed by atoms with Gasteiger partial charge >= 0.3 is 5.97 Å². The van der Waals surface area contributed by atoms with Crippen LogP contribution >= 0.6 is 0 Å². The highest BCUT2D eigenvalue weighted by Crippen LogP contribution is 2.11. The number of rotatable bonds is 5. The van der Waals surface area contributed by atoms with E-state index in [0.717, 1.165) is 0 Å². The maximum atomic E-state index is 11.9. The predicted octanol–water partition coefficient (Wildman–Crippen LogP) is 1.60. The van der Waals surface area contributed by atoms with Gasteiger partial charge in [-0.2, -0.15) is 0 Å². The van der Waals surface area contributed by atoms with E-state index in [1.165, 1.54) is 11.2 Å². The monoisotopic (exact) mass is 225 g/mol. The van der Waals surface area contributed by atoms with Crippen LogP contribution in [0.4, 0.5) is 0 Å². The summed E-state index contributed by atoms with van der Waals surface area (Å²) >= 11 is 0. The molecule has 0 aliphatic carbocycles. The summed E-state index contributed by atoms with van der Waals surface area (Å²) in [6, 6.07) is 2.85. The lowest BCUT2D eigenvalue weighted by Gasteiger charge is -2.25. The van der Waals surface area contributed by atoms with E-state index in [9.17, 15) is 9.59 Å². The van der Waals surface area contributed by atoms with Gasteiger partial charge in [0.05, 0.1) is 12.7 Å². The fourth-order valence-corrected chi connectivity index (χ4v) is 1.56. The maximum absolute atomic E-state index is 11.9. The summed E-state index contributed by atoms with van der Waals surface area (Å²) in [4.78, 5) is 24.0. The topological polar surface area (TPSA) is 70.8 Å². The predicted molar refractivity (Wildman–Crippen MR) is 57.1 cm³/mol. The molecule has 0 fully saturated rings. The lowest BCUT2D eigenvalue weighted by atomic mass is 10.2. The highest BCUT2D eigenvalue weighted by atomic mass is 16.4. The molecule has 1 unspecified atom stereocenters. The lowest BCUT2D eigenvalue weighted by molar-refractivity contribution is -0.138. The van der Waals surface area contributed by atoms with Crippen LogP contribution in [0.5, 0.6) is 0 Å². The molecular weight excluding hydrogens is 210 g/mol. The van der Waals surface area contributed by atoms with Crippen LogP contribution in [-0.4, -0.2) is 34.5 Å². The number of furan rings is 1. The summed E-state index contributed by atoms with van der Waals surface area (Å²) in [6.45, 7) is 3.96. The summed E-state index contributed by atoms with van der Waals surface area (Å²) in [5.41, 5.74) is 0. The van der Waals surface area contributed by atoms with Gasteiger partial charge in [-0.1, -0.05) is 0 Å². The Hall–Kier alpha value is -1.78. The fourth-order valence-electron chi connectivity index (χ4n) is 1.56. The van der Waals surface area contributed by atoms with Crippen LogP contribution in [0.15, 0.2) is 22.8 Å². The average Bonchev–Trinajstić information content (AvgIpc) is 2.69. The van der Waals surface area contributed by atoms with Crippen LogP contribution in [0.1, 0.15) is 30.8 Å². The largest absolute Gasteiger partial charge is 0.481 e. The molecule has 1 heterocycles. The first kappa shape index (κ1) is 12.3. The van der Waals surface area contributed by atoms with Crippen LogP contribution < -0.4 is 0 Å². The molecule has 1 aromatic rings. The van der Waals surface area contributed by atoms with Crippen molar-refractivity contribution >= 4 is 11.9 Å². The first-order chi connectivity index (χ1) is 7.56. The molecule has 1 N–H and O–H groups in total. The second-order valence-electron chi connectivity index (χ2n) is 3.52. The minimum absolute atomic E-state index is 0.0692. The van der Waals surface area contributed by atoms with Crippen LogP contribution in [0.2, 0.25) is 0 Å². The molecule has 1 atom stereocenters. The SMILES string of the molecule is CCN(C(=O)c1ccco1)C(C)CC(=O)O. The summed E-state index contributed by atoms with van der Waals surface area (Å²) in [6.07, 6.45) is 1.35. The Morgan fingerprint density at radius 2 is 2.25 bits per heavy atom. The number of carboxylic acid groups (broad SMARTS) is 1. The van der Waals surface area contributed by atoms with E-state index in [0.29, 0.717) is 6.54 Å². The molecule has 5 nitrogen and oxygen atoms in total. The second-order valence-corrected chi connectivity index (χ2v) is 3.52. The smallest absolute Gasteiger partial charge is 0.305 e. The van der Waals surface area contributed by atoms with Crippen molar-refractivity contribution in [1.29, 1.82) is 0 Å². The minimum Gasteiger partial charge on any atom is -0.481 e. The van der Waals surface area contributed by atoms with E-state index in [2.05, 4.69) is 0 Å². The molecule has 0 aliphatic heterocycles. The van der Waals surface area contributed by atoms with Gasteiger partial charge < -0.3 is 14.4 Å². The standard InChI is InChI=1S/C11H15NO4/c1-3-12(8(2)7-10(13)14)11(15)9-5-4-6-16-9/h4-6,8H,3,7H2,1-2H3,(H,13,14). The second kappa shape index (κ2) is 5.34. The fraction of sp³-hybridized carbons (Fsp3) is 0.455. The molecule has 16 heavy (non-hydrogen) atoms. The van der Waals surface area contributed by atoms with Crippen molar-refractivity contribution in [3.63, 3.8) is 0 Å². The Labute approximate surface area is 93.7 Å². The molecule has 1 amide bonds. The van der Waals surface area contributed by atoms with E-state index < -0.39 is 5.97 Å². The van der Waals surface area contributed by atoms with Crippen molar-refractivity contribution in [2.24, 2.45) is 0 Å². The van der Waals surface area contributed by atoms with Gasteiger partial charge in [-0.25, -0.2) is 0 Å². The first-order valence-corrected chi connectivity index (χ1v) is 5.12. The van der Waals surface area contributed by atoms with Gasteiger partial charge in [-0.3, -0.25) is 9.59 Å². The van der Waals surface area contributed by atoms with Gasteiger partial charge in [0.2, 0.25) is 0 Å². The van der Waals surface area contributed by atoms with E-state index in [-0.39, 0.29) is 24.1 Å². The third kappa shape index (κ3) is 2.85. The van der Waals surface area contributed by atoms with Crippen LogP contribution in [0.3, 0.4) is 0 Å². The number of carboxylic acids is 1. The molecule has 1 aromatic heterocycles. The summed E-state index contributed by atoms with van der Waals surface area (Å²) in [7, 11) is 0. The molecule has 0 radical (unpaired) electrons. The normalized spacial score (nSPS) is 12.1. The van der Waals surface area contributed by atoms with Gasteiger partial charge in [0.1, 0.15) is 0 Å². The van der Waals surface area contributed by atoms with Gasteiger partial charge in [0, 0.05) is 12.6 Å². The zero-order valence-corrected chi connectivity index (χ0v) is 9.34. The first-order valence-electron chi connectivity index (χ1n) is 5.12. The summed E-state index contributed by atoms with van der Waals surface area (Å²) in [5, 5.41) is 8.68. The van der Waals surface area contributed by atoms with Crippen molar-refractivity contribution in [1.82, 2.24) is 4.90 Å². The molecule has 0 saturated heterocycles. The molecular formula is C11H15NO4. The molecule has 0 spiro atoms. The zero-order chi connectivity index (χ0) is 12.1. The van der Waals surface area contributed by atoms with Crippen molar-refractivity contribution in [2.75, 3.05) is 6.54 Å². The zero-order valence-electron chi connectivity index (χ0n) is 9.34. The number of hydrogen-bond donors (Lipinski definition) is 1. The highest BCUT2D eigenvalue weighted by molar-refractivity contribution is 5.91. The molecule has 88 valence electrons. The summed E-state index contributed by atoms with van der Waals surface area (Å²) in [5.74, 6) is -0.960. The van der Waals surface area contributed by atoms with Crippen LogP contribution in [0.25, 0.3) is 0 Å². The molecule has 0 saturated carbocycles. The molecule has 0 aliphatic rings. The summed E-state index contributed by atoms with van der Waals surface area (Å²) < 4.78 is 4.99. The number of carbonyl (C=O) groups is 2. The van der Waals surface area contributed by atoms with Crippen LogP contribution in [-0.2, 0) is 4.79 Å². The van der Waals surface area contributed by atoms with Gasteiger partial charge in [0.15, 0.2) is 5.76 Å². The Morgan fingerprint density at radius 1 is 1.56 bits per heavy atom. The number of amides is 1. The number of nitrogens with zero attached hydrogens (tertiary/aromatic N) is 1. The quantitative estimate of drug-likeness (QED) is 0.826. The molecule has 0 aromatic carbocycles. The minimum atomic E-state index is -0.918. The Balaban J connectivity index is 2.74. The van der Waals surface area contributed by atoms with E-state index >= 15 is 0 Å². The number of aliphatic carboxylic acids is 1. The third-order valence-electron chi connectivity index (χ3n) is 2.34. The van der Waals surface area contributed by atoms with Crippen molar-refractivity contribution in [3.8, 4) is 0 Å². The third-order valence-corrected chi connectivity index (χ3v) is 2.34. The van der Waals surface area contributed by atoms with Gasteiger partial charge in [-0.15, -0.1) is 0 Å². The van der Waals surface area contributed by atoms with Crippen molar-refractivity contribution < 1.29 is 19.1 Å². The Morgan fingerprint density at radius 3 is 2.69 bits per heavy atom. The maximum Gasteiger partial charge on any atom is 0.305 e. The van der Waals surface area contributed by atoms with E-state index in [1.54, 1.807) is 26.0 Å².